The van der Waals surface area contributed by atoms with Crippen LogP contribution in [0, 0.1) is 11.8 Å². The summed E-state index contributed by atoms with van der Waals surface area (Å²) in [5, 5.41) is 14.0. The second-order valence-corrected chi connectivity index (χ2v) is 4.72. The summed E-state index contributed by atoms with van der Waals surface area (Å²) in [5.74, 6) is -2.34. The Kier molecular flexibility index (Phi) is 3.53. The summed E-state index contributed by atoms with van der Waals surface area (Å²) < 4.78 is 0. The number of carboxylic acid groups (broad SMARTS) is 1. The topological polar surface area (TPSA) is 79.3 Å². The van der Waals surface area contributed by atoms with E-state index in [1.807, 2.05) is 12.2 Å². The normalized spacial score (nSPS) is 23.3. The van der Waals surface area contributed by atoms with Gasteiger partial charge in [-0.2, -0.15) is 0 Å². The van der Waals surface area contributed by atoms with Crippen LogP contribution in [0.4, 0.5) is 5.13 Å². The Hall–Kier alpha value is -1.69. The van der Waals surface area contributed by atoms with Crippen LogP contribution in [0.1, 0.15) is 12.8 Å². The Bertz CT molecular complexity index is 442. The molecule has 1 aliphatic carbocycles. The fraction of sp³-hybridized carbons (Fsp3) is 0.364. The molecule has 0 saturated heterocycles. The lowest BCUT2D eigenvalue weighted by Crippen LogP contribution is -2.34. The van der Waals surface area contributed by atoms with Gasteiger partial charge in [0.05, 0.1) is 11.8 Å². The molecule has 1 aliphatic rings. The predicted molar refractivity (Wildman–Crippen MR) is 63.7 cm³/mol. The Morgan fingerprint density at radius 2 is 2.06 bits per heavy atom. The number of hydrogen-bond acceptors (Lipinski definition) is 4. The van der Waals surface area contributed by atoms with E-state index in [2.05, 4.69) is 10.3 Å². The van der Waals surface area contributed by atoms with Gasteiger partial charge in [-0.3, -0.25) is 9.59 Å². The van der Waals surface area contributed by atoms with E-state index >= 15 is 0 Å². The average molecular weight is 252 g/mol. The Morgan fingerprint density at radius 3 is 2.65 bits per heavy atom. The molecule has 0 saturated carbocycles. The van der Waals surface area contributed by atoms with Crippen molar-refractivity contribution in [2.45, 2.75) is 12.8 Å². The standard InChI is InChI=1S/C11H12N2O3S/c14-9(13-11-12-5-6-17-11)7-3-1-2-4-8(7)10(15)16/h1-2,5-8H,3-4H2,(H,15,16)(H,12,13,14)/t7-,8+/m0/s1. The molecule has 2 N–H and O–H groups in total. The van der Waals surface area contributed by atoms with Gasteiger partial charge in [0.2, 0.25) is 5.91 Å². The predicted octanol–water partition coefficient (Wildman–Crippen LogP) is 1.75. The maximum Gasteiger partial charge on any atom is 0.307 e. The maximum atomic E-state index is 11.9. The number of carboxylic acids is 1. The number of amides is 1. The molecular formula is C11H12N2O3S. The largest absolute Gasteiger partial charge is 0.481 e. The molecule has 6 heteroatoms. The van der Waals surface area contributed by atoms with Crippen LogP contribution in [0.2, 0.25) is 0 Å². The number of allylic oxidation sites excluding steroid dienone is 2. The third-order valence-corrected chi connectivity index (χ3v) is 3.44. The Morgan fingerprint density at radius 1 is 1.35 bits per heavy atom. The van der Waals surface area contributed by atoms with E-state index in [9.17, 15) is 9.59 Å². The van der Waals surface area contributed by atoms with Crippen LogP contribution >= 0.6 is 11.3 Å². The van der Waals surface area contributed by atoms with Crippen molar-refractivity contribution < 1.29 is 14.7 Å². The monoisotopic (exact) mass is 252 g/mol. The van der Waals surface area contributed by atoms with Crippen LogP contribution in [-0.4, -0.2) is 22.0 Å². The molecule has 0 aromatic carbocycles. The number of hydrogen-bond donors (Lipinski definition) is 2. The van der Waals surface area contributed by atoms with Gasteiger partial charge in [0, 0.05) is 11.6 Å². The van der Waals surface area contributed by atoms with Gasteiger partial charge in [-0.05, 0) is 12.8 Å². The molecule has 17 heavy (non-hydrogen) atoms. The number of aliphatic carboxylic acids is 1. The zero-order valence-corrected chi connectivity index (χ0v) is 9.81. The van der Waals surface area contributed by atoms with Crippen LogP contribution in [-0.2, 0) is 9.59 Å². The molecule has 0 unspecified atom stereocenters. The zero-order chi connectivity index (χ0) is 12.3. The summed E-state index contributed by atoms with van der Waals surface area (Å²) >= 11 is 1.32. The minimum atomic E-state index is -0.923. The highest BCUT2D eigenvalue weighted by Crippen LogP contribution is 2.27. The first-order chi connectivity index (χ1) is 8.18. The fourth-order valence-electron chi connectivity index (χ4n) is 1.86. The minimum absolute atomic E-state index is 0.267. The van der Waals surface area contributed by atoms with Gasteiger partial charge in [-0.1, -0.05) is 12.2 Å². The Labute approximate surface area is 102 Å². The molecule has 0 radical (unpaired) electrons. The molecule has 90 valence electrons. The molecule has 1 aromatic rings. The molecule has 0 bridgehead atoms. The number of aromatic nitrogens is 1. The first kappa shape index (κ1) is 11.8. The van der Waals surface area contributed by atoms with E-state index in [0.29, 0.717) is 18.0 Å². The van der Waals surface area contributed by atoms with Crippen molar-refractivity contribution >= 4 is 28.3 Å². The van der Waals surface area contributed by atoms with E-state index in [1.54, 1.807) is 11.6 Å². The number of carbonyl (C=O) groups is 2. The van der Waals surface area contributed by atoms with Crippen molar-refractivity contribution in [1.29, 1.82) is 0 Å². The van der Waals surface area contributed by atoms with Gasteiger partial charge in [0.25, 0.3) is 0 Å². The van der Waals surface area contributed by atoms with E-state index < -0.39 is 17.8 Å². The van der Waals surface area contributed by atoms with Gasteiger partial charge < -0.3 is 10.4 Å². The van der Waals surface area contributed by atoms with Crippen LogP contribution in [0.3, 0.4) is 0 Å². The summed E-state index contributed by atoms with van der Waals surface area (Å²) in [6, 6.07) is 0. The second-order valence-electron chi connectivity index (χ2n) is 3.82. The highest BCUT2D eigenvalue weighted by Gasteiger charge is 2.34. The summed E-state index contributed by atoms with van der Waals surface area (Å²) in [6.45, 7) is 0. The molecule has 0 spiro atoms. The van der Waals surface area contributed by atoms with Crippen molar-refractivity contribution in [3.8, 4) is 0 Å². The number of carbonyl (C=O) groups excluding carboxylic acids is 1. The first-order valence-corrected chi connectivity index (χ1v) is 6.14. The van der Waals surface area contributed by atoms with Crippen LogP contribution in [0.25, 0.3) is 0 Å². The smallest absolute Gasteiger partial charge is 0.307 e. The molecule has 2 atom stereocenters. The molecular weight excluding hydrogens is 240 g/mol. The average Bonchev–Trinajstić information content (AvgIpc) is 2.81. The highest BCUT2D eigenvalue weighted by molar-refractivity contribution is 7.13. The molecule has 0 aliphatic heterocycles. The number of rotatable bonds is 3. The number of anilines is 1. The van der Waals surface area contributed by atoms with Crippen molar-refractivity contribution in [3.63, 3.8) is 0 Å². The third-order valence-electron chi connectivity index (χ3n) is 2.75. The van der Waals surface area contributed by atoms with Gasteiger partial charge in [-0.25, -0.2) is 4.98 Å². The Balaban J connectivity index is 2.07. The number of nitrogens with zero attached hydrogens (tertiary/aromatic N) is 1. The molecule has 1 aromatic heterocycles. The van der Waals surface area contributed by atoms with Crippen molar-refractivity contribution in [1.82, 2.24) is 4.98 Å². The lowest BCUT2D eigenvalue weighted by atomic mass is 9.82. The van der Waals surface area contributed by atoms with Crippen molar-refractivity contribution in [2.75, 3.05) is 5.32 Å². The van der Waals surface area contributed by atoms with E-state index in [4.69, 9.17) is 5.11 Å². The SMILES string of the molecule is O=C(Nc1nccs1)[C@H]1CC=CC[C@H]1C(=O)O. The molecule has 1 amide bonds. The molecule has 1 heterocycles. The van der Waals surface area contributed by atoms with Gasteiger partial charge in [-0.15, -0.1) is 11.3 Å². The summed E-state index contributed by atoms with van der Waals surface area (Å²) in [6.07, 6.45) is 6.13. The number of thiazole rings is 1. The minimum Gasteiger partial charge on any atom is -0.481 e. The van der Waals surface area contributed by atoms with E-state index in [-0.39, 0.29) is 5.91 Å². The summed E-state index contributed by atoms with van der Waals surface area (Å²) in [7, 11) is 0. The lowest BCUT2D eigenvalue weighted by Gasteiger charge is -2.23. The molecule has 2 rings (SSSR count). The van der Waals surface area contributed by atoms with Crippen LogP contribution in [0.5, 0.6) is 0 Å². The number of nitrogens with one attached hydrogen (secondary N) is 1. The van der Waals surface area contributed by atoms with Gasteiger partial charge in [0.1, 0.15) is 0 Å². The van der Waals surface area contributed by atoms with E-state index in [0.717, 1.165) is 0 Å². The van der Waals surface area contributed by atoms with Crippen molar-refractivity contribution in [3.05, 3.63) is 23.7 Å². The fourth-order valence-corrected chi connectivity index (χ4v) is 2.39. The van der Waals surface area contributed by atoms with E-state index in [1.165, 1.54) is 11.3 Å². The zero-order valence-electron chi connectivity index (χ0n) is 9.00. The third kappa shape index (κ3) is 2.71. The van der Waals surface area contributed by atoms with Crippen molar-refractivity contribution in [2.24, 2.45) is 11.8 Å². The summed E-state index contributed by atoms with van der Waals surface area (Å²) in [4.78, 5) is 26.9. The maximum absolute atomic E-state index is 11.9. The van der Waals surface area contributed by atoms with Crippen LogP contribution in [0.15, 0.2) is 23.7 Å². The van der Waals surface area contributed by atoms with Gasteiger partial charge in [0.15, 0.2) is 5.13 Å². The summed E-state index contributed by atoms with van der Waals surface area (Å²) in [5.41, 5.74) is 0. The van der Waals surface area contributed by atoms with Crippen LogP contribution < -0.4 is 5.32 Å². The highest BCUT2D eigenvalue weighted by atomic mass is 32.1. The molecule has 0 fully saturated rings. The lowest BCUT2D eigenvalue weighted by molar-refractivity contribution is -0.146. The second kappa shape index (κ2) is 5.09. The first-order valence-electron chi connectivity index (χ1n) is 5.26. The van der Waals surface area contributed by atoms with Gasteiger partial charge >= 0.3 is 5.97 Å². The quantitative estimate of drug-likeness (QED) is 0.803. The molecule has 5 nitrogen and oxygen atoms in total.